The lowest BCUT2D eigenvalue weighted by Crippen LogP contribution is -2.40. The highest BCUT2D eigenvalue weighted by Crippen LogP contribution is 2.28. The van der Waals surface area contributed by atoms with E-state index in [0.717, 1.165) is 12.2 Å². The maximum atomic E-state index is 12.7. The third-order valence-corrected chi connectivity index (χ3v) is 4.10. The van der Waals surface area contributed by atoms with E-state index in [4.69, 9.17) is 8.94 Å². The third kappa shape index (κ3) is 1.95. The Hall–Kier alpha value is -2.76. The molecule has 0 spiro atoms. The van der Waals surface area contributed by atoms with Crippen molar-refractivity contribution in [3.8, 4) is 11.5 Å². The molecule has 0 saturated carbocycles. The van der Waals surface area contributed by atoms with Gasteiger partial charge in [0.05, 0.1) is 12.3 Å². The van der Waals surface area contributed by atoms with Crippen molar-refractivity contribution >= 4 is 5.91 Å². The number of rotatable bonds is 2. The Morgan fingerprint density at radius 1 is 1.27 bits per heavy atom. The van der Waals surface area contributed by atoms with Crippen molar-refractivity contribution in [3.63, 3.8) is 0 Å². The number of carbonyl (C=O) groups is 1. The Labute approximate surface area is 126 Å². The van der Waals surface area contributed by atoms with E-state index in [2.05, 4.69) is 9.72 Å². The zero-order valence-corrected chi connectivity index (χ0v) is 12.1. The molecule has 1 aliphatic heterocycles. The molecule has 1 unspecified atom stereocenters. The molecule has 0 N–H and O–H groups in total. The topological polar surface area (TPSA) is 64.4 Å². The van der Waals surface area contributed by atoms with Crippen LogP contribution in [0.4, 0.5) is 0 Å². The van der Waals surface area contributed by atoms with Gasteiger partial charge in [0.15, 0.2) is 11.5 Å². The maximum absolute atomic E-state index is 12.7. The molecule has 1 aliphatic rings. The van der Waals surface area contributed by atoms with E-state index in [9.17, 15) is 4.79 Å². The predicted octanol–water partition coefficient (Wildman–Crippen LogP) is 2.95. The van der Waals surface area contributed by atoms with Gasteiger partial charge in [-0.05, 0) is 31.2 Å². The maximum Gasteiger partial charge on any atom is 0.276 e. The number of hydrogen-bond acceptors (Lipinski definition) is 4. The zero-order chi connectivity index (χ0) is 15.1. The fourth-order valence-corrected chi connectivity index (χ4v) is 2.91. The van der Waals surface area contributed by atoms with Gasteiger partial charge in [0.2, 0.25) is 5.76 Å². The first-order valence-electron chi connectivity index (χ1n) is 7.20. The standard InChI is InChI=1S/C16H15N3O3/c1-11-13-4-2-6-18(13)7-8-19(11)16(20)12-10-15(22-17-12)14-5-3-9-21-14/h2-6,9-11H,7-8H2,1H3. The lowest BCUT2D eigenvalue weighted by molar-refractivity contribution is 0.0633. The Morgan fingerprint density at radius 2 is 2.18 bits per heavy atom. The Balaban J connectivity index is 1.60. The van der Waals surface area contributed by atoms with E-state index in [-0.39, 0.29) is 11.9 Å². The first-order valence-corrected chi connectivity index (χ1v) is 7.20. The van der Waals surface area contributed by atoms with Crippen molar-refractivity contribution in [2.24, 2.45) is 0 Å². The van der Waals surface area contributed by atoms with Gasteiger partial charge in [0, 0.05) is 31.0 Å². The van der Waals surface area contributed by atoms with Gasteiger partial charge in [-0.15, -0.1) is 0 Å². The van der Waals surface area contributed by atoms with Crippen LogP contribution < -0.4 is 0 Å². The molecule has 4 rings (SSSR count). The number of amides is 1. The minimum absolute atomic E-state index is 0.0139. The van der Waals surface area contributed by atoms with Gasteiger partial charge in [-0.25, -0.2) is 0 Å². The van der Waals surface area contributed by atoms with Crippen molar-refractivity contribution < 1.29 is 13.7 Å². The van der Waals surface area contributed by atoms with Crippen LogP contribution in [0.3, 0.4) is 0 Å². The van der Waals surface area contributed by atoms with Crippen LogP contribution in [0, 0.1) is 0 Å². The molecule has 0 fully saturated rings. The van der Waals surface area contributed by atoms with Crippen LogP contribution in [0.15, 0.2) is 51.7 Å². The predicted molar refractivity (Wildman–Crippen MR) is 78.1 cm³/mol. The number of hydrogen-bond donors (Lipinski definition) is 0. The molecule has 4 heterocycles. The second-order valence-electron chi connectivity index (χ2n) is 5.35. The third-order valence-electron chi connectivity index (χ3n) is 4.10. The highest BCUT2D eigenvalue weighted by Gasteiger charge is 2.30. The lowest BCUT2D eigenvalue weighted by atomic mass is 10.1. The van der Waals surface area contributed by atoms with E-state index >= 15 is 0 Å². The minimum atomic E-state index is -0.124. The summed E-state index contributed by atoms with van der Waals surface area (Å²) in [6.45, 7) is 3.47. The molecule has 0 saturated heterocycles. The molecular formula is C16H15N3O3. The van der Waals surface area contributed by atoms with E-state index in [1.807, 2.05) is 30.2 Å². The van der Waals surface area contributed by atoms with Crippen LogP contribution in [0.2, 0.25) is 0 Å². The van der Waals surface area contributed by atoms with Gasteiger partial charge >= 0.3 is 0 Å². The average molecular weight is 297 g/mol. The van der Waals surface area contributed by atoms with E-state index in [0.29, 0.717) is 23.8 Å². The summed E-state index contributed by atoms with van der Waals surface area (Å²) in [4.78, 5) is 14.5. The summed E-state index contributed by atoms with van der Waals surface area (Å²) >= 11 is 0. The Bertz CT molecular complexity index is 800. The fraction of sp³-hybridized carbons (Fsp3) is 0.250. The highest BCUT2D eigenvalue weighted by molar-refractivity contribution is 5.93. The molecule has 0 aliphatic carbocycles. The Kier molecular flexibility index (Phi) is 2.89. The number of furan rings is 1. The van der Waals surface area contributed by atoms with Crippen molar-refractivity contribution in [3.05, 3.63) is 54.2 Å². The summed E-state index contributed by atoms with van der Waals surface area (Å²) in [7, 11) is 0. The van der Waals surface area contributed by atoms with Crippen molar-refractivity contribution in [2.45, 2.75) is 19.5 Å². The SMILES string of the molecule is CC1c2cccn2CCN1C(=O)c1cc(-c2ccco2)on1. The summed E-state index contributed by atoms with van der Waals surface area (Å²) in [5.74, 6) is 0.898. The molecule has 0 radical (unpaired) electrons. The van der Waals surface area contributed by atoms with Gasteiger partial charge < -0.3 is 18.4 Å². The van der Waals surface area contributed by atoms with E-state index in [1.165, 1.54) is 0 Å². The van der Waals surface area contributed by atoms with Crippen LogP contribution >= 0.6 is 0 Å². The van der Waals surface area contributed by atoms with Gasteiger partial charge in [-0.3, -0.25) is 4.79 Å². The molecule has 0 bridgehead atoms. The molecule has 6 heteroatoms. The van der Waals surface area contributed by atoms with Gasteiger partial charge in [-0.1, -0.05) is 5.16 Å². The molecule has 112 valence electrons. The fourth-order valence-electron chi connectivity index (χ4n) is 2.91. The lowest BCUT2D eigenvalue weighted by Gasteiger charge is -2.34. The summed E-state index contributed by atoms with van der Waals surface area (Å²) in [6, 6.07) is 9.22. The van der Waals surface area contributed by atoms with E-state index < -0.39 is 0 Å². The van der Waals surface area contributed by atoms with Crippen molar-refractivity contribution in [1.29, 1.82) is 0 Å². The molecular weight excluding hydrogens is 282 g/mol. The largest absolute Gasteiger partial charge is 0.461 e. The van der Waals surface area contributed by atoms with Crippen LogP contribution in [-0.2, 0) is 6.54 Å². The molecule has 1 atom stereocenters. The second-order valence-corrected chi connectivity index (χ2v) is 5.35. The Morgan fingerprint density at radius 3 is 3.00 bits per heavy atom. The normalized spacial score (nSPS) is 17.5. The highest BCUT2D eigenvalue weighted by atomic mass is 16.5. The van der Waals surface area contributed by atoms with Gasteiger partial charge in [0.1, 0.15) is 0 Å². The second kappa shape index (κ2) is 4.91. The number of fused-ring (bicyclic) bond motifs is 1. The molecule has 3 aromatic rings. The average Bonchev–Trinajstić information content (AvgIpc) is 3.26. The summed E-state index contributed by atoms with van der Waals surface area (Å²) in [5.41, 5.74) is 1.44. The smallest absolute Gasteiger partial charge is 0.276 e. The van der Waals surface area contributed by atoms with Crippen molar-refractivity contribution in [2.75, 3.05) is 6.54 Å². The van der Waals surface area contributed by atoms with Crippen molar-refractivity contribution in [1.82, 2.24) is 14.6 Å². The summed E-state index contributed by atoms with van der Waals surface area (Å²) < 4.78 is 12.6. The molecule has 22 heavy (non-hydrogen) atoms. The first-order chi connectivity index (χ1) is 10.7. The first kappa shape index (κ1) is 12.9. The quantitative estimate of drug-likeness (QED) is 0.729. The molecule has 3 aromatic heterocycles. The zero-order valence-electron chi connectivity index (χ0n) is 12.1. The summed E-state index contributed by atoms with van der Waals surface area (Å²) in [5, 5.41) is 3.89. The van der Waals surface area contributed by atoms with Crippen LogP contribution in [0.5, 0.6) is 0 Å². The summed E-state index contributed by atoms with van der Waals surface area (Å²) in [6.07, 6.45) is 3.60. The molecule has 6 nitrogen and oxygen atoms in total. The van der Waals surface area contributed by atoms with Crippen LogP contribution in [-0.4, -0.2) is 27.1 Å². The van der Waals surface area contributed by atoms with Crippen LogP contribution in [0.1, 0.15) is 29.1 Å². The van der Waals surface area contributed by atoms with Crippen LogP contribution in [0.25, 0.3) is 11.5 Å². The number of carbonyl (C=O) groups excluding carboxylic acids is 1. The van der Waals surface area contributed by atoms with E-state index in [1.54, 1.807) is 24.5 Å². The minimum Gasteiger partial charge on any atom is -0.461 e. The number of aromatic nitrogens is 2. The van der Waals surface area contributed by atoms with Gasteiger partial charge in [-0.2, -0.15) is 0 Å². The molecule has 0 aromatic carbocycles. The monoisotopic (exact) mass is 297 g/mol. The number of nitrogens with zero attached hydrogens (tertiary/aromatic N) is 3. The van der Waals surface area contributed by atoms with Gasteiger partial charge in [0.25, 0.3) is 5.91 Å². The molecule has 1 amide bonds.